The van der Waals surface area contributed by atoms with E-state index < -0.39 is 0 Å². The molecule has 15 heavy (non-hydrogen) atoms. The van der Waals surface area contributed by atoms with E-state index >= 15 is 0 Å². The molecule has 0 aromatic heterocycles. The van der Waals surface area contributed by atoms with Crippen LogP contribution < -0.4 is 10.5 Å². The van der Waals surface area contributed by atoms with E-state index in [9.17, 15) is 0 Å². The molecule has 0 saturated heterocycles. The Balaban J connectivity index is 2.25. The smallest absolute Gasteiger partial charge is 0.146 e. The molecule has 2 aromatic carbocycles. The lowest BCUT2D eigenvalue weighted by Crippen LogP contribution is -1.88. The Kier molecular flexibility index (Phi) is 2.79. The van der Waals surface area contributed by atoms with Gasteiger partial charge in [0.15, 0.2) is 0 Å². The second kappa shape index (κ2) is 4.24. The van der Waals surface area contributed by atoms with Crippen LogP contribution in [0.25, 0.3) is 0 Å². The van der Waals surface area contributed by atoms with Crippen molar-refractivity contribution in [3.05, 3.63) is 53.6 Å². The Morgan fingerprint density at radius 3 is 2.40 bits per heavy atom. The first kappa shape index (κ1) is 9.87. The number of benzene rings is 2. The van der Waals surface area contributed by atoms with Crippen LogP contribution in [0.4, 0.5) is 5.69 Å². The van der Waals surface area contributed by atoms with Crippen LogP contribution in [0.15, 0.2) is 48.5 Å². The average Bonchev–Trinajstić information content (AvgIpc) is 2.24. The van der Waals surface area contributed by atoms with Gasteiger partial charge in [0.2, 0.25) is 0 Å². The van der Waals surface area contributed by atoms with Crippen LogP contribution in [0.1, 0.15) is 0 Å². The van der Waals surface area contributed by atoms with Gasteiger partial charge in [0.1, 0.15) is 11.5 Å². The molecule has 0 heterocycles. The highest BCUT2D eigenvalue weighted by atomic mass is 35.5. The van der Waals surface area contributed by atoms with Crippen LogP contribution in [0, 0.1) is 0 Å². The summed E-state index contributed by atoms with van der Waals surface area (Å²) in [7, 11) is 0. The first-order valence-electron chi connectivity index (χ1n) is 4.53. The molecular formula is C12H10ClNO. The number of nitrogens with two attached hydrogens (primary N) is 1. The van der Waals surface area contributed by atoms with Gasteiger partial charge in [-0.3, -0.25) is 0 Å². The van der Waals surface area contributed by atoms with Gasteiger partial charge in [-0.1, -0.05) is 29.8 Å². The maximum Gasteiger partial charge on any atom is 0.146 e. The van der Waals surface area contributed by atoms with Crippen molar-refractivity contribution in [2.75, 3.05) is 5.73 Å². The van der Waals surface area contributed by atoms with E-state index in [0.717, 1.165) is 5.75 Å². The summed E-state index contributed by atoms with van der Waals surface area (Å²) in [6, 6.07) is 14.6. The van der Waals surface area contributed by atoms with E-state index in [-0.39, 0.29) is 0 Å². The SMILES string of the molecule is Nc1ccc(Oc2ccccc2)c(Cl)c1. The number of para-hydroxylation sites is 1. The molecule has 2 N–H and O–H groups in total. The largest absolute Gasteiger partial charge is 0.456 e. The summed E-state index contributed by atoms with van der Waals surface area (Å²) in [4.78, 5) is 0. The molecule has 0 aliphatic rings. The normalized spacial score (nSPS) is 9.93. The highest BCUT2D eigenvalue weighted by Crippen LogP contribution is 2.30. The highest BCUT2D eigenvalue weighted by Gasteiger charge is 2.02. The van der Waals surface area contributed by atoms with Crippen molar-refractivity contribution in [1.82, 2.24) is 0 Å². The van der Waals surface area contributed by atoms with Gasteiger partial charge in [0, 0.05) is 5.69 Å². The van der Waals surface area contributed by atoms with E-state index in [1.807, 2.05) is 30.3 Å². The third-order valence-corrected chi connectivity index (χ3v) is 2.22. The minimum atomic E-state index is 0.513. The quantitative estimate of drug-likeness (QED) is 0.782. The molecule has 0 saturated carbocycles. The number of rotatable bonds is 2. The molecule has 76 valence electrons. The standard InChI is InChI=1S/C12H10ClNO/c13-11-8-9(14)6-7-12(11)15-10-4-2-1-3-5-10/h1-8H,14H2. The first-order chi connectivity index (χ1) is 7.25. The third-order valence-electron chi connectivity index (χ3n) is 1.93. The molecule has 0 amide bonds. The summed E-state index contributed by atoms with van der Waals surface area (Å²) in [6.45, 7) is 0. The van der Waals surface area contributed by atoms with Gasteiger partial charge in [-0.25, -0.2) is 0 Å². The van der Waals surface area contributed by atoms with Crippen LogP contribution in [-0.4, -0.2) is 0 Å². The molecule has 2 rings (SSSR count). The topological polar surface area (TPSA) is 35.2 Å². The van der Waals surface area contributed by atoms with E-state index in [1.165, 1.54) is 0 Å². The fraction of sp³-hybridized carbons (Fsp3) is 0. The first-order valence-corrected chi connectivity index (χ1v) is 4.91. The number of ether oxygens (including phenoxy) is 1. The van der Waals surface area contributed by atoms with E-state index in [0.29, 0.717) is 16.5 Å². The van der Waals surface area contributed by atoms with Crippen LogP contribution in [-0.2, 0) is 0 Å². The van der Waals surface area contributed by atoms with Crippen molar-refractivity contribution in [3.8, 4) is 11.5 Å². The van der Waals surface area contributed by atoms with Gasteiger partial charge in [0.25, 0.3) is 0 Å². The molecule has 0 radical (unpaired) electrons. The minimum Gasteiger partial charge on any atom is -0.456 e. The summed E-state index contributed by atoms with van der Waals surface area (Å²) in [6.07, 6.45) is 0. The molecule has 2 aromatic rings. The number of hydrogen-bond donors (Lipinski definition) is 1. The summed E-state index contributed by atoms with van der Waals surface area (Å²) in [5, 5.41) is 0.513. The lowest BCUT2D eigenvalue weighted by Gasteiger charge is -2.07. The predicted molar refractivity (Wildman–Crippen MR) is 62.4 cm³/mol. The second-order valence-corrected chi connectivity index (χ2v) is 3.51. The zero-order valence-corrected chi connectivity index (χ0v) is 8.74. The number of nitrogen functional groups attached to an aromatic ring is 1. The summed E-state index contributed by atoms with van der Waals surface area (Å²) < 4.78 is 5.58. The molecule has 0 bridgehead atoms. The molecular weight excluding hydrogens is 210 g/mol. The van der Waals surface area contributed by atoms with Crippen LogP contribution in [0.2, 0.25) is 5.02 Å². The molecule has 0 fully saturated rings. The summed E-state index contributed by atoms with van der Waals surface area (Å²) >= 11 is 5.97. The summed E-state index contributed by atoms with van der Waals surface area (Å²) in [5.74, 6) is 1.36. The Hall–Kier alpha value is -1.67. The second-order valence-electron chi connectivity index (χ2n) is 3.10. The van der Waals surface area contributed by atoms with Crippen molar-refractivity contribution in [1.29, 1.82) is 0 Å². The highest BCUT2D eigenvalue weighted by molar-refractivity contribution is 6.32. The zero-order valence-electron chi connectivity index (χ0n) is 7.98. The van der Waals surface area contributed by atoms with Crippen LogP contribution in [0.5, 0.6) is 11.5 Å². The Bertz CT molecular complexity index is 456. The number of hydrogen-bond acceptors (Lipinski definition) is 2. The number of anilines is 1. The third kappa shape index (κ3) is 2.42. The van der Waals surface area contributed by atoms with Crippen molar-refractivity contribution >= 4 is 17.3 Å². The monoisotopic (exact) mass is 219 g/mol. The van der Waals surface area contributed by atoms with E-state index in [2.05, 4.69) is 0 Å². The maximum absolute atomic E-state index is 5.97. The molecule has 0 aliphatic carbocycles. The zero-order chi connectivity index (χ0) is 10.7. The van der Waals surface area contributed by atoms with Crippen molar-refractivity contribution in [2.24, 2.45) is 0 Å². The van der Waals surface area contributed by atoms with Crippen molar-refractivity contribution in [3.63, 3.8) is 0 Å². The van der Waals surface area contributed by atoms with Gasteiger partial charge >= 0.3 is 0 Å². The van der Waals surface area contributed by atoms with E-state index in [1.54, 1.807) is 18.2 Å². The van der Waals surface area contributed by atoms with Gasteiger partial charge in [-0.15, -0.1) is 0 Å². The van der Waals surface area contributed by atoms with Crippen molar-refractivity contribution < 1.29 is 4.74 Å². The fourth-order valence-corrected chi connectivity index (χ4v) is 1.44. The number of halogens is 1. The Morgan fingerprint density at radius 2 is 1.73 bits per heavy atom. The molecule has 0 unspecified atom stereocenters. The predicted octanol–water partition coefficient (Wildman–Crippen LogP) is 3.71. The maximum atomic E-state index is 5.97. The molecule has 0 aliphatic heterocycles. The summed E-state index contributed by atoms with van der Waals surface area (Å²) in [5.41, 5.74) is 6.21. The molecule has 0 atom stereocenters. The van der Waals surface area contributed by atoms with Crippen LogP contribution in [0.3, 0.4) is 0 Å². The van der Waals surface area contributed by atoms with Crippen molar-refractivity contribution in [2.45, 2.75) is 0 Å². The molecule has 2 nitrogen and oxygen atoms in total. The lowest BCUT2D eigenvalue weighted by atomic mass is 10.3. The Labute approximate surface area is 93.2 Å². The molecule has 3 heteroatoms. The molecule has 0 spiro atoms. The van der Waals surface area contributed by atoms with Gasteiger partial charge in [-0.05, 0) is 30.3 Å². The lowest BCUT2D eigenvalue weighted by molar-refractivity contribution is 0.483. The average molecular weight is 220 g/mol. The van der Waals surface area contributed by atoms with Crippen LogP contribution >= 0.6 is 11.6 Å². The Morgan fingerprint density at radius 1 is 1.00 bits per heavy atom. The minimum absolute atomic E-state index is 0.513. The van der Waals surface area contributed by atoms with Gasteiger partial charge in [0.05, 0.1) is 5.02 Å². The van der Waals surface area contributed by atoms with Gasteiger partial charge < -0.3 is 10.5 Å². The van der Waals surface area contributed by atoms with Gasteiger partial charge in [-0.2, -0.15) is 0 Å². The fourth-order valence-electron chi connectivity index (χ4n) is 1.22. The van der Waals surface area contributed by atoms with E-state index in [4.69, 9.17) is 22.1 Å².